The van der Waals surface area contributed by atoms with Crippen molar-refractivity contribution in [3.05, 3.63) is 89.7 Å². The minimum Gasteiger partial charge on any atom is -0.493 e. The molecular weight excluding hydrogens is 596 g/mol. The molecule has 2 heterocycles. The fourth-order valence-corrected chi connectivity index (χ4v) is 4.95. The van der Waals surface area contributed by atoms with E-state index in [4.69, 9.17) is 25.8 Å². The van der Waals surface area contributed by atoms with Crippen LogP contribution in [0.3, 0.4) is 0 Å². The fraction of sp³-hybridized carbons (Fsp3) is 0.226. The Kier molecular flexibility index (Phi) is 9.09. The predicted molar refractivity (Wildman–Crippen MR) is 161 cm³/mol. The van der Waals surface area contributed by atoms with Crippen LogP contribution in [-0.2, 0) is 11.4 Å². The minimum absolute atomic E-state index is 0.131. The topological polar surface area (TPSA) is 106 Å². The summed E-state index contributed by atoms with van der Waals surface area (Å²) in [5.74, 6) is -0.901. The van der Waals surface area contributed by atoms with E-state index >= 15 is 0 Å². The van der Waals surface area contributed by atoms with Gasteiger partial charge in [-0.3, -0.25) is 4.79 Å². The number of hydrogen-bond acceptors (Lipinski definition) is 8. The van der Waals surface area contributed by atoms with E-state index in [9.17, 15) is 18.4 Å². The zero-order valence-electron chi connectivity index (χ0n) is 23.9. The Morgan fingerprint density at radius 2 is 1.84 bits per heavy atom. The standard InChI is InChI=1S/C31H28ClF2N5O5/c1-18-15-38(30(40)19(2)33)10-11-39(18)31(41)44-28-13-23-25(14-27(28)42-3)35-17-36-29(23)37-22-8-9-26(24(32)12-22)43-16-20-4-6-21(34)7-5-20/h4-9,12-14,17-18H,2,10-11,15-16H2,1,3H3,(H,35,36,37)/t18-/m1/s1. The molecule has 4 aromatic rings. The lowest BCUT2D eigenvalue weighted by Crippen LogP contribution is -2.56. The first kappa shape index (κ1) is 30.5. The van der Waals surface area contributed by atoms with Gasteiger partial charge in [-0.1, -0.05) is 30.3 Å². The van der Waals surface area contributed by atoms with Crippen LogP contribution >= 0.6 is 11.6 Å². The number of fused-ring (bicyclic) bond motifs is 1. The second-order valence-corrected chi connectivity index (χ2v) is 10.4. The van der Waals surface area contributed by atoms with Crippen LogP contribution in [0.25, 0.3) is 10.9 Å². The molecule has 1 aliphatic heterocycles. The fourth-order valence-electron chi connectivity index (χ4n) is 4.71. The van der Waals surface area contributed by atoms with Crippen molar-refractivity contribution in [2.24, 2.45) is 0 Å². The average molecular weight is 624 g/mol. The number of carbonyl (C=O) groups excluding carboxylic acids is 2. The molecule has 0 aliphatic carbocycles. The molecule has 1 saturated heterocycles. The van der Waals surface area contributed by atoms with Gasteiger partial charge in [-0.25, -0.2) is 23.5 Å². The van der Waals surface area contributed by atoms with Gasteiger partial charge in [0, 0.05) is 42.8 Å². The van der Waals surface area contributed by atoms with E-state index in [0.717, 1.165) is 5.56 Å². The summed E-state index contributed by atoms with van der Waals surface area (Å²) in [6.45, 7) is 5.42. The molecule has 1 atom stereocenters. The lowest BCUT2D eigenvalue weighted by Gasteiger charge is -2.38. The van der Waals surface area contributed by atoms with E-state index in [0.29, 0.717) is 33.2 Å². The second kappa shape index (κ2) is 13.1. The zero-order valence-corrected chi connectivity index (χ0v) is 24.6. The Balaban J connectivity index is 1.32. The highest BCUT2D eigenvalue weighted by molar-refractivity contribution is 6.32. The molecule has 44 heavy (non-hydrogen) atoms. The molecule has 2 amide bonds. The number of hydrogen-bond donors (Lipinski definition) is 1. The van der Waals surface area contributed by atoms with Gasteiger partial charge < -0.3 is 29.3 Å². The highest BCUT2D eigenvalue weighted by atomic mass is 35.5. The maximum absolute atomic E-state index is 13.3. The van der Waals surface area contributed by atoms with Crippen molar-refractivity contribution in [3.8, 4) is 17.2 Å². The maximum atomic E-state index is 13.3. The molecule has 0 spiro atoms. The summed E-state index contributed by atoms with van der Waals surface area (Å²) in [6, 6.07) is 13.9. The molecule has 1 aliphatic rings. The normalized spacial score (nSPS) is 14.7. The number of methoxy groups -OCH3 is 1. The van der Waals surface area contributed by atoms with E-state index in [1.165, 1.54) is 35.4 Å². The van der Waals surface area contributed by atoms with Gasteiger partial charge in [0.25, 0.3) is 5.91 Å². The zero-order chi connectivity index (χ0) is 31.4. The van der Waals surface area contributed by atoms with Gasteiger partial charge in [-0.2, -0.15) is 0 Å². The molecule has 3 aromatic carbocycles. The van der Waals surface area contributed by atoms with Crippen LogP contribution in [0.2, 0.25) is 5.02 Å². The average Bonchev–Trinajstić information content (AvgIpc) is 3.01. The Morgan fingerprint density at radius 1 is 1.07 bits per heavy atom. The lowest BCUT2D eigenvalue weighted by molar-refractivity contribution is -0.131. The van der Waals surface area contributed by atoms with E-state index in [2.05, 4.69) is 21.9 Å². The van der Waals surface area contributed by atoms with Crippen LogP contribution in [-0.4, -0.2) is 64.6 Å². The first-order valence-corrected chi connectivity index (χ1v) is 13.9. The van der Waals surface area contributed by atoms with Crippen LogP contribution in [0.1, 0.15) is 12.5 Å². The number of anilines is 2. The summed E-state index contributed by atoms with van der Waals surface area (Å²) in [4.78, 5) is 36.6. The van der Waals surface area contributed by atoms with Crippen molar-refractivity contribution in [1.29, 1.82) is 0 Å². The SMILES string of the molecule is C=C(F)C(=O)N1CCN(C(=O)Oc2cc3c(Nc4ccc(OCc5ccc(F)cc5)c(Cl)c4)ncnc3cc2OC)[C@H](C)C1. The van der Waals surface area contributed by atoms with Crippen LogP contribution in [0.4, 0.5) is 25.1 Å². The molecule has 0 radical (unpaired) electrons. The Labute approximate surface area is 256 Å². The van der Waals surface area contributed by atoms with Gasteiger partial charge in [0.2, 0.25) is 0 Å². The number of nitrogens with zero attached hydrogens (tertiary/aromatic N) is 4. The van der Waals surface area contributed by atoms with Gasteiger partial charge >= 0.3 is 6.09 Å². The molecule has 0 bridgehead atoms. The van der Waals surface area contributed by atoms with E-state index in [1.807, 2.05) is 0 Å². The van der Waals surface area contributed by atoms with Crippen LogP contribution in [0.5, 0.6) is 17.2 Å². The number of amides is 2. The van der Waals surface area contributed by atoms with Crippen molar-refractivity contribution in [3.63, 3.8) is 0 Å². The Morgan fingerprint density at radius 3 is 2.52 bits per heavy atom. The molecule has 228 valence electrons. The second-order valence-electron chi connectivity index (χ2n) is 9.99. The number of rotatable bonds is 8. The van der Waals surface area contributed by atoms with Crippen molar-refractivity contribution in [1.82, 2.24) is 19.8 Å². The molecule has 1 aromatic heterocycles. The summed E-state index contributed by atoms with van der Waals surface area (Å²) in [7, 11) is 1.44. The number of benzene rings is 3. The van der Waals surface area contributed by atoms with E-state index in [-0.39, 0.29) is 43.6 Å². The number of piperazine rings is 1. The number of aromatic nitrogens is 2. The van der Waals surface area contributed by atoms with E-state index < -0.39 is 23.9 Å². The van der Waals surface area contributed by atoms with Crippen molar-refractivity contribution in [2.45, 2.75) is 19.6 Å². The van der Waals surface area contributed by atoms with Gasteiger partial charge in [0.1, 0.15) is 30.3 Å². The third-order valence-corrected chi connectivity index (χ3v) is 7.30. The summed E-state index contributed by atoms with van der Waals surface area (Å²) in [5, 5.41) is 4.09. The van der Waals surface area contributed by atoms with Gasteiger partial charge in [-0.15, -0.1) is 0 Å². The number of nitrogens with one attached hydrogen (secondary N) is 1. The number of carbonyl (C=O) groups is 2. The van der Waals surface area contributed by atoms with Gasteiger partial charge in [0.15, 0.2) is 17.3 Å². The third-order valence-electron chi connectivity index (χ3n) is 7.00. The van der Waals surface area contributed by atoms with Crippen molar-refractivity contribution < 1.29 is 32.6 Å². The highest BCUT2D eigenvalue weighted by Crippen LogP contribution is 2.36. The summed E-state index contributed by atoms with van der Waals surface area (Å²) < 4.78 is 43.5. The molecule has 10 nitrogen and oxygen atoms in total. The van der Waals surface area contributed by atoms with Crippen molar-refractivity contribution in [2.75, 3.05) is 32.1 Å². The molecule has 0 unspecified atom stereocenters. The monoisotopic (exact) mass is 623 g/mol. The minimum atomic E-state index is -1.05. The van der Waals surface area contributed by atoms with Crippen LogP contribution in [0.15, 0.2) is 73.3 Å². The number of halogens is 3. The van der Waals surface area contributed by atoms with Gasteiger partial charge in [-0.05, 0) is 48.9 Å². The van der Waals surface area contributed by atoms with Crippen molar-refractivity contribution >= 4 is 46.0 Å². The maximum Gasteiger partial charge on any atom is 0.415 e. The third kappa shape index (κ3) is 6.81. The van der Waals surface area contributed by atoms with Crippen LogP contribution < -0.4 is 19.5 Å². The van der Waals surface area contributed by atoms with Crippen LogP contribution in [0, 0.1) is 5.82 Å². The van der Waals surface area contributed by atoms with Gasteiger partial charge in [0.05, 0.1) is 17.6 Å². The highest BCUT2D eigenvalue weighted by Gasteiger charge is 2.32. The summed E-state index contributed by atoms with van der Waals surface area (Å²) >= 11 is 6.47. The number of ether oxygens (including phenoxy) is 3. The smallest absolute Gasteiger partial charge is 0.415 e. The molecule has 5 rings (SSSR count). The molecule has 0 saturated carbocycles. The molecule has 1 fully saturated rings. The lowest BCUT2D eigenvalue weighted by atomic mass is 10.2. The predicted octanol–water partition coefficient (Wildman–Crippen LogP) is 6.27. The molecule has 13 heteroatoms. The quantitative estimate of drug-likeness (QED) is 0.229. The first-order valence-electron chi connectivity index (χ1n) is 13.5. The Hall–Kier alpha value is -4.97. The molecule has 1 N–H and O–H groups in total. The summed E-state index contributed by atoms with van der Waals surface area (Å²) in [5.41, 5.74) is 1.92. The first-order chi connectivity index (χ1) is 21.1. The largest absolute Gasteiger partial charge is 0.493 e. The van der Waals surface area contributed by atoms with E-state index in [1.54, 1.807) is 49.4 Å². The molecular formula is C31H28ClF2N5O5. The summed E-state index contributed by atoms with van der Waals surface area (Å²) in [6.07, 6.45) is 0.724. The Bertz CT molecular complexity index is 1720.